The van der Waals surface area contributed by atoms with E-state index in [-0.39, 0.29) is 6.03 Å². The van der Waals surface area contributed by atoms with Crippen molar-refractivity contribution in [3.63, 3.8) is 0 Å². The topological polar surface area (TPSA) is 45.2 Å². The van der Waals surface area contributed by atoms with Gasteiger partial charge in [-0.25, -0.2) is 4.79 Å². The summed E-state index contributed by atoms with van der Waals surface area (Å²) in [4.78, 5) is 18.5. The molecule has 1 aliphatic carbocycles. The molecule has 0 aromatic carbocycles. The number of nitrogens with zero attached hydrogens (tertiary/aromatic N) is 2. The third-order valence-electron chi connectivity index (χ3n) is 4.71. The number of pyridine rings is 1. The Hall–Kier alpha value is -1.23. The molecule has 1 N–H and O–H groups in total. The average Bonchev–Trinajstić information content (AvgIpc) is 2.56. The number of carbonyl (C=O) groups excluding carboxylic acids is 1. The van der Waals surface area contributed by atoms with Crippen molar-refractivity contribution >= 4 is 17.8 Å². The van der Waals surface area contributed by atoms with Crippen LogP contribution in [0.5, 0.6) is 0 Å². The Morgan fingerprint density at radius 3 is 3.00 bits per heavy atom. The molecule has 120 valence electrons. The molecule has 0 bridgehead atoms. The van der Waals surface area contributed by atoms with Crippen molar-refractivity contribution < 1.29 is 4.79 Å². The first-order valence-electron chi connectivity index (χ1n) is 8.33. The molecule has 1 spiro atoms. The Bertz CT molecular complexity index is 482. The molecule has 0 radical (unpaired) electrons. The molecule has 3 rings (SSSR count). The SMILES string of the molecule is O=C(NCCc1cccnc1)N1CCSC2(CCCCC2)C1. The molecule has 2 fully saturated rings. The first-order valence-corrected chi connectivity index (χ1v) is 9.32. The fourth-order valence-electron chi connectivity index (χ4n) is 3.49. The van der Waals surface area contributed by atoms with Crippen molar-refractivity contribution in [2.45, 2.75) is 43.3 Å². The lowest BCUT2D eigenvalue weighted by molar-refractivity contribution is 0.185. The second kappa shape index (κ2) is 7.36. The molecule has 0 atom stereocenters. The number of urea groups is 1. The van der Waals surface area contributed by atoms with Crippen LogP contribution in [0.2, 0.25) is 0 Å². The van der Waals surface area contributed by atoms with E-state index in [1.165, 1.54) is 37.7 Å². The average molecular weight is 319 g/mol. The van der Waals surface area contributed by atoms with Crippen LogP contribution < -0.4 is 5.32 Å². The summed E-state index contributed by atoms with van der Waals surface area (Å²) in [6.45, 7) is 2.49. The number of aromatic nitrogens is 1. The molecule has 0 unspecified atom stereocenters. The Kier molecular flexibility index (Phi) is 5.24. The zero-order valence-electron chi connectivity index (χ0n) is 13.1. The van der Waals surface area contributed by atoms with Crippen molar-refractivity contribution in [2.24, 2.45) is 0 Å². The highest BCUT2D eigenvalue weighted by atomic mass is 32.2. The maximum absolute atomic E-state index is 12.4. The summed E-state index contributed by atoms with van der Waals surface area (Å²) in [6.07, 6.45) is 11.0. The van der Waals surface area contributed by atoms with Gasteiger partial charge in [0.1, 0.15) is 0 Å². The van der Waals surface area contributed by atoms with Gasteiger partial charge in [-0.05, 0) is 30.9 Å². The van der Waals surface area contributed by atoms with Gasteiger partial charge < -0.3 is 10.2 Å². The number of rotatable bonds is 3. The molecular formula is C17H25N3OS. The first kappa shape index (κ1) is 15.7. The standard InChI is InChI=1S/C17H25N3OS/c21-16(19-10-6-15-5-4-9-18-13-15)20-11-12-22-17(14-20)7-2-1-3-8-17/h4-5,9,13H,1-3,6-8,10-12,14H2,(H,19,21). The largest absolute Gasteiger partial charge is 0.338 e. The molecule has 4 nitrogen and oxygen atoms in total. The van der Waals surface area contributed by atoms with E-state index in [9.17, 15) is 4.79 Å². The molecule has 1 aromatic rings. The summed E-state index contributed by atoms with van der Waals surface area (Å²) in [5, 5.41) is 3.07. The monoisotopic (exact) mass is 319 g/mol. The smallest absolute Gasteiger partial charge is 0.317 e. The fraction of sp³-hybridized carbons (Fsp3) is 0.647. The van der Waals surface area contributed by atoms with Crippen molar-refractivity contribution in [2.75, 3.05) is 25.4 Å². The van der Waals surface area contributed by atoms with Crippen LogP contribution in [0.4, 0.5) is 4.79 Å². The molecule has 1 saturated carbocycles. The predicted octanol–water partition coefficient (Wildman–Crippen LogP) is 3.09. The van der Waals surface area contributed by atoms with Gasteiger partial charge in [0.2, 0.25) is 0 Å². The Morgan fingerprint density at radius 2 is 2.23 bits per heavy atom. The van der Waals surface area contributed by atoms with E-state index >= 15 is 0 Å². The highest BCUT2D eigenvalue weighted by molar-refractivity contribution is 8.00. The van der Waals surface area contributed by atoms with Gasteiger partial charge in [-0.15, -0.1) is 0 Å². The van der Waals surface area contributed by atoms with Gasteiger partial charge in [0.15, 0.2) is 0 Å². The van der Waals surface area contributed by atoms with Crippen molar-refractivity contribution in [1.82, 2.24) is 15.2 Å². The number of nitrogens with one attached hydrogen (secondary N) is 1. The number of carbonyl (C=O) groups is 1. The van der Waals surface area contributed by atoms with Gasteiger partial charge in [0.25, 0.3) is 0 Å². The first-order chi connectivity index (χ1) is 10.8. The third-order valence-corrected chi connectivity index (χ3v) is 6.25. The zero-order valence-corrected chi connectivity index (χ0v) is 13.9. The lowest BCUT2D eigenvalue weighted by Gasteiger charge is -2.44. The van der Waals surface area contributed by atoms with Crippen LogP contribution in [0.15, 0.2) is 24.5 Å². The number of hydrogen-bond acceptors (Lipinski definition) is 3. The maximum atomic E-state index is 12.4. The van der Waals surface area contributed by atoms with E-state index in [2.05, 4.69) is 22.1 Å². The fourth-order valence-corrected chi connectivity index (χ4v) is 5.06. The van der Waals surface area contributed by atoms with Crippen molar-refractivity contribution in [3.8, 4) is 0 Å². The minimum atomic E-state index is 0.106. The second-order valence-corrected chi connectivity index (χ2v) is 7.92. The van der Waals surface area contributed by atoms with E-state index in [0.717, 1.165) is 25.3 Å². The Labute approximate surface area is 137 Å². The van der Waals surface area contributed by atoms with Crippen LogP contribution in [-0.2, 0) is 6.42 Å². The summed E-state index contributed by atoms with van der Waals surface area (Å²) in [6, 6.07) is 4.09. The lowest BCUT2D eigenvalue weighted by Crippen LogP contribution is -2.53. The molecular weight excluding hydrogens is 294 g/mol. The minimum absolute atomic E-state index is 0.106. The molecule has 1 aliphatic heterocycles. The second-order valence-electron chi connectivity index (χ2n) is 6.36. The van der Waals surface area contributed by atoms with Gasteiger partial charge >= 0.3 is 6.03 Å². The highest BCUT2D eigenvalue weighted by Gasteiger charge is 2.38. The van der Waals surface area contributed by atoms with E-state index in [1.54, 1.807) is 6.20 Å². The molecule has 2 heterocycles. The third kappa shape index (κ3) is 3.94. The van der Waals surface area contributed by atoms with E-state index in [4.69, 9.17) is 0 Å². The summed E-state index contributed by atoms with van der Waals surface area (Å²) < 4.78 is 0.344. The number of thioether (sulfide) groups is 1. The van der Waals surface area contributed by atoms with Crippen LogP contribution >= 0.6 is 11.8 Å². The molecule has 5 heteroatoms. The minimum Gasteiger partial charge on any atom is -0.338 e. The van der Waals surface area contributed by atoms with Gasteiger partial charge in [0.05, 0.1) is 0 Å². The number of hydrogen-bond donors (Lipinski definition) is 1. The van der Waals surface area contributed by atoms with Crippen LogP contribution in [0.1, 0.15) is 37.7 Å². The predicted molar refractivity (Wildman–Crippen MR) is 91.2 cm³/mol. The number of amides is 2. The van der Waals surface area contributed by atoms with Crippen molar-refractivity contribution in [1.29, 1.82) is 0 Å². The Morgan fingerprint density at radius 1 is 1.36 bits per heavy atom. The molecule has 22 heavy (non-hydrogen) atoms. The molecule has 2 aliphatic rings. The summed E-state index contributed by atoms with van der Waals surface area (Å²) in [5.74, 6) is 1.08. The summed E-state index contributed by atoms with van der Waals surface area (Å²) in [5.41, 5.74) is 1.17. The van der Waals surface area contributed by atoms with Crippen LogP contribution in [0, 0.1) is 0 Å². The lowest BCUT2D eigenvalue weighted by atomic mass is 9.87. The zero-order chi connectivity index (χ0) is 15.3. The van der Waals surface area contributed by atoms with Gasteiger partial charge in [0, 0.05) is 42.5 Å². The molecule has 1 aromatic heterocycles. The summed E-state index contributed by atoms with van der Waals surface area (Å²) in [7, 11) is 0. The maximum Gasteiger partial charge on any atom is 0.317 e. The van der Waals surface area contributed by atoms with Crippen LogP contribution in [-0.4, -0.2) is 46.0 Å². The molecule has 1 saturated heterocycles. The molecule has 2 amide bonds. The van der Waals surface area contributed by atoms with Crippen LogP contribution in [0.25, 0.3) is 0 Å². The van der Waals surface area contributed by atoms with Crippen molar-refractivity contribution in [3.05, 3.63) is 30.1 Å². The van der Waals surface area contributed by atoms with Gasteiger partial charge in [-0.1, -0.05) is 25.3 Å². The van der Waals surface area contributed by atoms with E-state index < -0.39 is 0 Å². The van der Waals surface area contributed by atoms with Gasteiger partial charge in [-0.2, -0.15) is 11.8 Å². The normalized spacial score (nSPS) is 20.8. The van der Waals surface area contributed by atoms with E-state index in [0.29, 0.717) is 11.3 Å². The highest BCUT2D eigenvalue weighted by Crippen LogP contribution is 2.42. The summed E-state index contributed by atoms with van der Waals surface area (Å²) >= 11 is 2.10. The quantitative estimate of drug-likeness (QED) is 0.931. The Balaban J connectivity index is 1.47. The van der Waals surface area contributed by atoms with E-state index in [1.807, 2.05) is 23.2 Å². The van der Waals surface area contributed by atoms with Gasteiger partial charge in [-0.3, -0.25) is 4.98 Å². The van der Waals surface area contributed by atoms with Crippen LogP contribution in [0.3, 0.4) is 0 Å².